The quantitative estimate of drug-likeness (QED) is 0.832. The fourth-order valence-electron chi connectivity index (χ4n) is 2.86. The number of Topliss-reactive ketones (excluding diaryl/α,β-unsaturated/α-hetero) is 1. The van der Waals surface area contributed by atoms with Crippen LogP contribution >= 0.6 is 0 Å². The second kappa shape index (κ2) is 7.09. The third kappa shape index (κ3) is 3.23. The van der Waals surface area contributed by atoms with Crippen LogP contribution in [0.25, 0.3) is 6.08 Å². The summed E-state index contributed by atoms with van der Waals surface area (Å²) in [6.45, 7) is 0.464. The Morgan fingerprint density at radius 3 is 2.50 bits per heavy atom. The highest BCUT2D eigenvalue weighted by molar-refractivity contribution is 6.15. The number of ketones is 1. The van der Waals surface area contributed by atoms with Crippen LogP contribution in [0.5, 0.6) is 23.0 Å². The van der Waals surface area contributed by atoms with Crippen LogP contribution in [0.15, 0.2) is 36.1 Å². The molecule has 2 aromatic rings. The summed E-state index contributed by atoms with van der Waals surface area (Å²) in [4.78, 5) is 14.6. The number of nitrogens with zero attached hydrogens (tertiary/aromatic N) is 1. The van der Waals surface area contributed by atoms with Crippen molar-refractivity contribution in [1.29, 1.82) is 0 Å². The predicted octanol–water partition coefficient (Wildman–Crippen LogP) is 3.09. The molecule has 136 valence electrons. The second-order valence-corrected chi connectivity index (χ2v) is 6.23. The van der Waals surface area contributed by atoms with Gasteiger partial charge in [0.2, 0.25) is 5.78 Å². The van der Waals surface area contributed by atoms with Crippen LogP contribution < -0.4 is 14.2 Å². The summed E-state index contributed by atoms with van der Waals surface area (Å²) in [6, 6.07) is 8.46. The van der Waals surface area contributed by atoms with Crippen LogP contribution in [-0.4, -0.2) is 44.1 Å². The molecule has 0 unspecified atom stereocenters. The normalized spacial score (nSPS) is 14.5. The smallest absolute Gasteiger partial charge is 0.231 e. The standard InChI is InChI=1S/C20H21NO5/c1-21(2)11-14-15(22)7-6-13-19(23)18(26-20(13)14)10-12-5-8-16(24-3)17(9-12)25-4/h5-10,22H,11H2,1-4H3. The van der Waals surface area contributed by atoms with Gasteiger partial charge in [0.15, 0.2) is 17.3 Å². The minimum absolute atomic E-state index is 0.109. The minimum Gasteiger partial charge on any atom is -0.507 e. The zero-order chi connectivity index (χ0) is 18.8. The molecule has 0 atom stereocenters. The first-order chi connectivity index (χ1) is 12.4. The number of fused-ring (bicyclic) bond motifs is 1. The Bertz CT molecular complexity index is 886. The zero-order valence-electron chi connectivity index (χ0n) is 15.2. The summed E-state index contributed by atoms with van der Waals surface area (Å²) in [5, 5.41) is 10.1. The summed E-state index contributed by atoms with van der Waals surface area (Å²) in [5.41, 5.74) is 1.79. The van der Waals surface area contributed by atoms with Crippen molar-refractivity contribution < 1.29 is 24.1 Å². The van der Waals surface area contributed by atoms with E-state index in [1.807, 2.05) is 25.1 Å². The Balaban J connectivity index is 1.99. The first-order valence-corrected chi connectivity index (χ1v) is 8.10. The molecule has 6 heteroatoms. The molecule has 0 radical (unpaired) electrons. The average Bonchev–Trinajstić information content (AvgIpc) is 2.93. The van der Waals surface area contributed by atoms with E-state index in [9.17, 15) is 9.90 Å². The molecule has 1 aliphatic heterocycles. The van der Waals surface area contributed by atoms with E-state index in [1.54, 1.807) is 38.5 Å². The largest absolute Gasteiger partial charge is 0.507 e. The van der Waals surface area contributed by atoms with Gasteiger partial charge in [-0.15, -0.1) is 0 Å². The molecule has 0 saturated carbocycles. The van der Waals surface area contributed by atoms with Crippen LogP contribution in [-0.2, 0) is 6.54 Å². The molecule has 0 bridgehead atoms. The molecule has 1 N–H and O–H groups in total. The first kappa shape index (κ1) is 17.8. The van der Waals surface area contributed by atoms with E-state index in [0.717, 1.165) is 5.56 Å². The maximum Gasteiger partial charge on any atom is 0.231 e. The first-order valence-electron chi connectivity index (χ1n) is 8.10. The topological polar surface area (TPSA) is 68.2 Å². The number of hydrogen-bond acceptors (Lipinski definition) is 6. The Kier molecular flexibility index (Phi) is 4.86. The number of phenolic OH excluding ortho intramolecular Hbond substituents is 1. The number of methoxy groups -OCH3 is 2. The summed E-state index contributed by atoms with van der Waals surface area (Å²) >= 11 is 0. The molecule has 3 rings (SSSR count). The molecule has 0 fully saturated rings. The summed E-state index contributed by atoms with van der Waals surface area (Å²) < 4.78 is 16.3. The molecule has 1 heterocycles. The summed E-state index contributed by atoms with van der Waals surface area (Å²) in [6.07, 6.45) is 1.65. The maximum atomic E-state index is 12.7. The van der Waals surface area contributed by atoms with Gasteiger partial charge in [-0.25, -0.2) is 0 Å². The van der Waals surface area contributed by atoms with Crippen molar-refractivity contribution in [3.63, 3.8) is 0 Å². The second-order valence-electron chi connectivity index (χ2n) is 6.23. The third-order valence-electron chi connectivity index (χ3n) is 4.10. The van der Waals surface area contributed by atoms with E-state index in [2.05, 4.69) is 0 Å². The predicted molar refractivity (Wildman–Crippen MR) is 98.0 cm³/mol. The highest BCUT2D eigenvalue weighted by Crippen LogP contribution is 2.40. The number of hydrogen-bond donors (Lipinski definition) is 1. The molecule has 0 amide bonds. The molecule has 0 aromatic heterocycles. The Morgan fingerprint density at radius 2 is 1.85 bits per heavy atom. The van der Waals surface area contributed by atoms with Crippen molar-refractivity contribution in [3.05, 3.63) is 52.8 Å². The lowest BCUT2D eigenvalue weighted by Gasteiger charge is -2.14. The summed E-state index contributed by atoms with van der Waals surface area (Å²) in [7, 11) is 6.89. The molecule has 6 nitrogen and oxygen atoms in total. The lowest BCUT2D eigenvalue weighted by Crippen LogP contribution is -2.11. The number of benzene rings is 2. The van der Waals surface area contributed by atoms with Crippen molar-refractivity contribution in [2.24, 2.45) is 0 Å². The van der Waals surface area contributed by atoms with Crippen LogP contribution in [0.3, 0.4) is 0 Å². The van der Waals surface area contributed by atoms with Gasteiger partial charge < -0.3 is 24.2 Å². The van der Waals surface area contributed by atoms with Gasteiger partial charge in [0.1, 0.15) is 11.5 Å². The molecular weight excluding hydrogens is 334 g/mol. The Hall–Kier alpha value is -2.99. The van der Waals surface area contributed by atoms with E-state index in [-0.39, 0.29) is 17.3 Å². The summed E-state index contributed by atoms with van der Waals surface area (Å²) in [5.74, 6) is 1.69. The van der Waals surface area contributed by atoms with Gasteiger partial charge in [-0.3, -0.25) is 4.79 Å². The molecule has 1 aliphatic rings. The maximum absolute atomic E-state index is 12.7. The van der Waals surface area contributed by atoms with Gasteiger partial charge in [-0.1, -0.05) is 6.07 Å². The number of ether oxygens (including phenoxy) is 3. The molecule has 26 heavy (non-hydrogen) atoms. The third-order valence-corrected chi connectivity index (χ3v) is 4.10. The van der Waals surface area contributed by atoms with Gasteiger partial charge in [0.05, 0.1) is 25.3 Å². The van der Waals surface area contributed by atoms with Crippen molar-refractivity contribution in [2.45, 2.75) is 6.54 Å². The van der Waals surface area contributed by atoms with Crippen LogP contribution in [0.4, 0.5) is 0 Å². The number of phenols is 1. The molecule has 0 aliphatic carbocycles. The van der Waals surface area contributed by atoms with Crippen molar-refractivity contribution in [1.82, 2.24) is 4.90 Å². The van der Waals surface area contributed by atoms with E-state index in [0.29, 0.717) is 34.9 Å². The fourth-order valence-corrected chi connectivity index (χ4v) is 2.86. The number of aromatic hydroxyl groups is 1. The van der Waals surface area contributed by atoms with Gasteiger partial charge in [-0.05, 0) is 50.0 Å². The lowest BCUT2D eigenvalue weighted by molar-refractivity contribution is 0.101. The van der Waals surface area contributed by atoms with E-state index in [4.69, 9.17) is 14.2 Å². The Morgan fingerprint density at radius 1 is 1.12 bits per heavy atom. The zero-order valence-corrected chi connectivity index (χ0v) is 15.2. The van der Waals surface area contributed by atoms with E-state index < -0.39 is 0 Å². The van der Waals surface area contributed by atoms with Crippen LogP contribution in [0, 0.1) is 0 Å². The molecule has 0 saturated heterocycles. The van der Waals surface area contributed by atoms with Crippen LogP contribution in [0.2, 0.25) is 0 Å². The van der Waals surface area contributed by atoms with Crippen molar-refractivity contribution >= 4 is 11.9 Å². The lowest BCUT2D eigenvalue weighted by atomic mass is 10.0. The molecule has 2 aromatic carbocycles. The van der Waals surface area contributed by atoms with Gasteiger partial charge in [-0.2, -0.15) is 0 Å². The highest BCUT2D eigenvalue weighted by atomic mass is 16.5. The monoisotopic (exact) mass is 355 g/mol. The highest BCUT2D eigenvalue weighted by Gasteiger charge is 2.31. The van der Waals surface area contributed by atoms with E-state index >= 15 is 0 Å². The number of carbonyl (C=O) groups is 1. The molecular formula is C20H21NO5. The fraction of sp³-hybridized carbons (Fsp3) is 0.250. The van der Waals surface area contributed by atoms with Crippen LogP contribution in [0.1, 0.15) is 21.5 Å². The SMILES string of the molecule is COc1ccc(C=C2Oc3c(ccc(O)c3CN(C)C)C2=O)cc1OC. The number of rotatable bonds is 5. The average molecular weight is 355 g/mol. The van der Waals surface area contributed by atoms with Gasteiger partial charge in [0.25, 0.3) is 0 Å². The minimum atomic E-state index is -0.213. The van der Waals surface area contributed by atoms with Gasteiger partial charge >= 0.3 is 0 Å². The van der Waals surface area contributed by atoms with Crippen molar-refractivity contribution in [3.8, 4) is 23.0 Å². The number of carbonyl (C=O) groups excluding carboxylic acids is 1. The molecule has 0 spiro atoms. The number of allylic oxidation sites excluding steroid dienone is 1. The van der Waals surface area contributed by atoms with Crippen molar-refractivity contribution in [2.75, 3.05) is 28.3 Å². The Labute approximate surface area is 152 Å². The van der Waals surface area contributed by atoms with E-state index in [1.165, 1.54) is 6.07 Å². The van der Waals surface area contributed by atoms with Gasteiger partial charge in [0, 0.05) is 6.54 Å².